The van der Waals surface area contributed by atoms with Gasteiger partial charge in [-0.3, -0.25) is 4.79 Å². The van der Waals surface area contributed by atoms with Gasteiger partial charge < -0.3 is 19.9 Å². The fourth-order valence-electron chi connectivity index (χ4n) is 3.58. The van der Waals surface area contributed by atoms with E-state index in [-0.39, 0.29) is 5.97 Å². The largest absolute Gasteiger partial charge is 0.468 e. The van der Waals surface area contributed by atoms with Crippen molar-refractivity contribution in [1.29, 1.82) is 0 Å². The Labute approximate surface area is 129 Å². The van der Waals surface area contributed by atoms with E-state index in [0.717, 1.165) is 25.6 Å². The zero-order chi connectivity index (χ0) is 15.3. The Balaban J connectivity index is 1.76. The number of rotatable bonds is 6. The first-order valence-corrected chi connectivity index (χ1v) is 8.29. The molecule has 0 saturated carbocycles. The molecule has 0 amide bonds. The summed E-state index contributed by atoms with van der Waals surface area (Å²) < 4.78 is 4.92. The number of carbonyl (C=O) groups is 1. The van der Waals surface area contributed by atoms with Crippen molar-refractivity contribution < 1.29 is 9.53 Å². The summed E-state index contributed by atoms with van der Waals surface area (Å²) in [6, 6.07) is 0. The fraction of sp³-hybridized carbons (Fsp3) is 0.938. The van der Waals surface area contributed by atoms with Gasteiger partial charge >= 0.3 is 5.97 Å². The van der Waals surface area contributed by atoms with Gasteiger partial charge in [-0.25, -0.2) is 0 Å². The van der Waals surface area contributed by atoms with Crippen LogP contribution in [0.5, 0.6) is 0 Å². The summed E-state index contributed by atoms with van der Waals surface area (Å²) in [7, 11) is 3.29. The normalized spacial score (nSPS) is 24.9. The maximum Gasteiger partial charge on any atom is 0.327 e. The Morgan fingerprint density at radius 3 is 2.33 bits per heavy atom. The number of carbonyl (C=O) groups excluding carboxylic acids is 1. The lowest BCUT2D eigenvalue weighted by molar-refractivity contribution is -0.148. The molecular formula is C16H31N3O2. The van der Waals surface area contributed by atoms with E-state index in [1.165, 1.54) is 52.4 Å². The van der Waals surface area contributed by atoms with Gasteiger partial charge in [-0.15, -0.1) is 0 Å². The molecule has 5 heteroatoms. The van der Waals surface area contributed by atoms with Crippen molar-refractivity contribution in [2.45, 2.75) is 38.1 Å². The number of likely N-dealkylation sites (N-methyl/N-ethyl adjacent to an activating group) is 1. The summed E-state index contributed by atoms with van der Waals surface area (Å²) in [5.41, 5.74) is -0.601. The third-order valence-corrected chi connectivity index (χ3v) is 5.15. The van der Waals surface area contributed by atoms with Crippen LogP contribution in [0.25, 0.3) is 0 Å². The Morgan fingerprint density at radius 1 is 1.19 bits per heavy atom. The number of piperidine rings is 1. The number of esters is 1. The number of hydrogen-bond donors (Lipinski definition) is 1. The van der Waals surface area contributed by atoms with E-state index in [0.29, 0.717) is 0 Å². The Morgan fingerprint density at radius 2 is 1.81 bits per heavy atom. The molecule has 2 fully saturated rings. The van der Waals surface area contributed by atoms with Crippen LogP contribution in [0.4, 0.5) is 0 Å². The van der Waals surface area contributed by atoms with Crippen molar-refractivity contribution in [1.82, 2.24) is 15.1 Å². The molecule has 0 aromatic rings. The van der Waals surface area contributed by atoms with E-state index < -0.39 is 5.54 Å². The number of hydrogen-bond acceptors (Lipinski definition) is 5. The van der Waals surface area contributed by atoms with Gasteiger partial charge in [-0.05, 0) is 71.8 Å². The Kier molecular flexibility index (Phi) is 6.02. The van der Waals surface area contributed by atoms with Crippen molar-refractivity contribution in [3.63, 3.8) is 0 Å². The predicted molar refractivity (Wildman–Crippen MR) is 84.3 cm³/mol. The summed E-state index contributed by atoms with van der Waals surface area (Å²) in [4.78, 5) is 16.9. The minimum Gasteiger partial charge on any atom is -0.468 e. The molecule has 21 heavy (non-hydrogen) atoms. The average molecular weight is 297 g/mol. The Bertz CT molecular complexity index is 336. The zero-order valence-electron chi connectivity index (χ0n) is 13.9. The highest BCUT2D eigenvalue weighted by Crippen LogP contribution is 2.22. The monoisotopic (exact) mass is 297 g/mol. The van der Waals surface area contributed by atoms with Crippen molar-refractivity contribution in [2.24, 2.45) is 5.92 Å². The van der Waals surface area contributed by atoms with Gasteiger partial charge in [0.25, 0.3) is 0 Å². The lowest BCUT2D eigenvalue weighted by atomic mass is 9.94. The van der Waals surface area contributed by atoms with E-state index in [4.69, 9.17) is 4.74 Å². The molecule has 0 radical (unpaired) electrons. The van der Waals surface area contributed by atoms with Crippen LogP contribution < -0.4 is 5.32 Å². The second-order valence-corrected chi connectivity index (χ2v) is 6.80. The zero-order valence-corrected chi connectivity index (χ0v) is 13.9. The summed E-state index contributed by atoms with van der Waals surface area (Å²) in [6.45, 7) is 8.69. The van der Waals surface area contributed by atoms with Crippen molar-refractivity contribution in [3.05, 3.63) is 0 Å². The van der Waals surface area contributed by atoms with Crippen molar-refractivity contribution in [3.8, 4) is 0 Å². The lowest BCUT2D eigenvalue weighted by Crippen LogP contribution is -2.57. The molecule has 0 bridgehead atoms. The van der Waals surface area contributed by atoms with Crippen molar-refractivity contribution in [2.75, 3.05) is 53.4 Å². The molecular weight excluding hydrogens is 266 g/mol. The van der Waals surface area contributed by atoms with Crippen molar-refractivity contribution >= 4 is 5.97 Å². The Hall–Kier alpha value is -0.650. The van der Waals surface area contributed by atoms with Gasteiger partial charge in [0, 0.05) is 13.1 Å². The van der Waals surface area contributed by atoms with Gasteiger partial charge in [0.1, 0.15) is 5.54 Å². The molecule has 0 aromatic carbocycles. The molecule has 2 rings (SSSR count). The van der Waals surface area contributed by atoms with E-state index >= 15 is 0 Å². The number of nitrogens with one attached hydrogen (secondary N) is 1. The maximum absolute atomic E-state index is 11.9. The SMILES string of the molecule is CNC(C)(CN1CCC(CN2CCCC2)CC1)C(=O)OC. The van der Waals surface area contributed by atoms with E-state index in [1.54, 1.807) is 0 Å². The molecule has 2 aliphatic rings. The molecule has 1 atom stereocenters. The number of methoxy groups -OCH3 is 1. The lowest BCUT2D eigenvalue weighted by Gasteiger charge is -2.38. The highest BCUT2D eigenvalue weighted by Gasteiger charge is 2.35. The fourth-order valence-corrected chi connectivity index (χ4v) is 3.58. The van der Waals surface area contributed by atoms with Crippen LogP contribution >= 0.6 is 0 Å². The molecule has 122 valence electrons. The summed E-state index contributed by atoms with van der Waals surface area (Å²) in [5, 5.41) is 3.12. The van der Waals surface area contributed by atoms with E-state index in [1.807, 2.05) is 14.0 Å². The number of nitrogens with zero attached hydrogens (tertiary/aromatic N) is 2. The highest BCUT2D eigenvalue weighted by atomic mass is 16.5. The molecule has 2 saturated heterocycles. The van der Waals surface area contributed by atoms with Crippen LogP contribution in [0, 0.1) is 5.92 Å². The average Bonchev–Trinajstić information content (AvgIpc) is 3.01. The standard InChI is InChI=1S/C16H31N3O2/c1-16(17-2,15(20)21-3)13-19-10-6-14(7-11-19)12-18-8-4-5-9-18/h14,17H,4-13H2,1-3H3. The second kappa shape index (κ2) is 7.56. The summed E-state index contributed by atoms with van der Waals surface area (Å²) >= 11 is 0. The van der Waals surface area contributed by atoms with Gasteiger partial charge in [0.15, 0.2) is 0 Å². The third kappa shape index (κ3) is 4.41. The summed E-state index contributed by atoms with van der Waals surface area (Å²) in [5.74, 6) is 0.655. The quantitative estimate of drug-likeness (QED) is 0.740. The van der Waals surface area contributed by atoms with Crippen LogP contribution in [0.3, 0.4) is 0 Å². The minimum absolute atomic E-state index is 0.177. The number of ether oxygens (including phenoxy) is 1. The first kappa shape index (κ1) is 16.7. The molecule has 1 unspecified atom stereocenters. The maximum atomic E-state index is 11.9. The molecule has 0 aliphatic carbocycles. The second-order valence-electron chi connectivity index (χ2n) is 6.80. The highest BCUT2D eigenvalue weighted by molar-refractivity contribution is 5.80. The van der Waals surface area contributed by atoms with Crippen LogP contribution in [-0.2, 0) is 9.53 Å². The van der Waals surface area contributed by atoms with Crippen LogP contribution in [-0.4, -0.2) is 74.7 Å². The molecule has 0 spiro atoms. The van der Waals surface area contributed by atoms with Crippen LogP contribution in [0.1, 0.15) is 32.6 Å². The van der Waals surface area contributed by atoms with E-state index in [2.05, 4.69) is 15.1 Å². The molecule has 2 aliphatic heterocycles. The minimum atomic E-state index is -0.601. The van der Waals surface area contributed by atoms with Gasteiger partial charge in [-0.2, -0.15) is 0 Å². The molecule has 0 aromatic heterocycles. The molecule has 5 nitrogen and oxygen atoms in total. The van der Waals surface area contributed by atoms with E-state index in [9.17, 15) is 4.79 Å². The van der Waals surface area contributed by atoms with Crippen LogP contribution in [0.2, 0.25) is 0 Å². The molecule has 1 N–H and O–H groups in total. The first-order chi connectivity index (χ1) is 10.1. The first-order valence-electron chi connectivity index (χ1n) is 8.29. The number of likely N-dealkylation sites (tertiary alicyclic amines) is 2. The topological polar surface area (TPSA) is 44.8 Å². The third-order valence-electron chi connectivity index (χ3n) is 5.15. The van der Waals surface area contributed by atoms with Gasteiger partial charge in [0.2, 0.25) is 0 Å². The van der Waals surface area contributed by atoms with Gasteiger partial charge in [-0.1, -0.05) is 0 Å². The summed E-state index contributed by atoms with van der Waals surface area (Å²) in [6.07, 6.45) is 5.24. The molecule has 2 heterocycles. The smallest absolute Gasteiger partial charge is 0.327 e. The predicted octanol–water partition coefficient (Wildman–Crippen LogP) is 0.945. The van der Waals surface area contributed by atoms with Gasteiger partial charge in [0.05, 0.1) is 7.11 Å². The van der Waals surface area contributed by atoms with Crippen LogP contribution in [0.15, 0.2) is 0 Å².